The lowest BCUT2D eigenvalue weighted by Crippen LogP contribution is -2.13. The Hall–Kier alpha value is -2.34. The third kappa shape index (κ3) is 6.09. The minimum atomic E-state index is 0.529. The van der Waals surface area contributed by atoms with Gasteiger partial charge in [0.15, 0.2) is 5.75 Å². The molecule has 1 aromatic carbocycles. The molecule has 3 heteroatoms. The molecule has 28 heavy (non-hydrogen) atoms. The fraction of sp³-hybridized carbons (Fsp3) is 0.520. The van der Waals surface area contributed by atoms with E-state index in [1.807, 2.05) is 0 Å². The van der Waals surface area contributed by atoms with E-state index >= 15 is 0 Å². The van der Waals surface area contributed by atoms with Crippen molar-refractivity contribution in [3.8, 4) is 17.6 Å². The van der Waals surface area contributed by atoms with Crippen molar-refractivity contribution < 1.29 is 4.74 Å². The lowest BCUT2D eigenvalue weighted by atomic mass is 9.77. The lowest BCUT2D eigenvalue weighted by Gasteiger charge is -2.28. The van der Waals surface area contributed by atoms with Crippen molar-refractivity contribution in [3.63, 3.8) is 0 Å². The molecule has 0 amide bonds. The molecule has 1 aliphatic rings. The van der Waals surface area contributed by atoms with Gasteiger partial charge < -0.3 is 4.74 Å². The molecule has 148 valence electrons. The first-order valence-electron chi connectivity index (χ1n) is 10.8. The van der Waals surface area contributed by atoms with Crippen LogP contribution in [0.5, 0.6) is 5.75 Å². The molecule has 1 saturated carbocycles. The van der Waals surface area contributed by atoms with Crippen molar-refractivity contribution in [2.45, 2.75) is 71.1 Å². The van der Waals surface area contributed by atoms with Gasteiger partial charge in [-0.15, -0.1) is 0 Å². The second-order valence-electron chi connectivity index (χ2n) is 7.82. The van der Waals surface area contributed by atoms with Crippen LogP contribution in [0.1, 0.15) is 88.1 Å². The highest BCUT2D eigenvalue weighted by Crippen LogP contribution is 2.37. The van der Waals surface area contributed by atoms with E-state index in [0.717, 1.165) is 30.2 Å². The fourth-order valence-electron chi connectivity index (χ4n) is 3.95. The van der Waals surface area contributed by atoms with Crippen molar-refractivity contribution in [1.29, 1.82) is 0 Å². The maximum absolute atomic E-state index is 5.58. The SMILES string of the molecule is CCCCOc1cnc(C#Cc2ccc([C@H]3CC[C@H](CCC)CC3)cc2)nc1. The van der Waals surface area contributed by atoms with Gasteiger partial charge >= 0.3 is 0 Å². The molecule has 1 aliphatic carbocycles. The Labute approximate surface area is 170 Å². The van der Waals surface area contributed by atoms with E-state index in [0.29, 0.717) is 18.2 Å². The molecule has 1 fully saturated rings. The molecule has 1 heterocycles. The molecule has 0 aliphatic heterocycles. The molecule has 0 unspecified atom stereocenters. The highest BCUT2D eigenvalue weighted by molar-refractivity contribution is 5.40. The van der Waals surface area contributed by atoms with Gasteiger partial charge in [-0.25, -0.2) is 9.97 Å². The molecule has 0 N–H and O–H groups in total. The zero-order chi connectivity index (χ0) is 19.6. The Bertz CT molecular complexity index is 763. The van der Waals surface area contributed by atoms with Crippen molar-refractivity contribution in [1.82, 2.24) is 9.97 Å². The van der Waals surface area contributed by atoms with E-state index < -0.39 is 0 Å². The topological polar surface area (TPSA) is 35.0 Å². The van der Waals surface area contributed by atoms with Gasteiger partial charge in [-0.3, -0.25) is 0 Å². The van der Waals surface area contributed by atoms with E-state index in [2.05, 4.69) is 59.9 Å². The number of benzene rings is 1. The van der Waals surface area contributed by atoms with Crippen LogP contribution in [0.15, 0.2) is 36.7 Å². The molecule has 2 aromatic rings. The van der Waals surface area contributed by atoms with Crippen molar-refractivity contribution in [2.24, 2.45) is 5.92 Å². The van der Waals surface area contributed by atoms with Crippen molar-refractivity contribution in [2.75, 3.05) is 6.61 Å². The highest BCUT2D eigenvalue weighted by Gasteiger charge is 2.21. The zero-order valence-electron chi connectivity index (χ0n) is 17.3. The van der Waals surface area contributed by atoms with Gasteiger partial charge in [0.05, 0.1) is 19.0 Å². The minimum absolute atomic E-state index is 0.529. The second kappa shape index (κ2) is 10.9. The molecule has 0 atom stereocenters. The van der Waals surface area contributed by atoms with Crippen LogP contribution in [0.3, 0.4) is 0 Å². The van der Waals surface area contributed by atoms with Gasteiger partial charge in [0.1, 0.15) is 0 Å². The molecule has 3 rings (SSSR count). The van der Waals surface area contributed by atoms with Crippen molar-refractivity contribution in [3.05, 3.63) is 53.6 Å². The third-order valence-corrected chi connectivity index (χ3v) is 5.64. The van der Waals surface area contributed by atoms with Crippen LogP contribution in [0.25, 0.3) is 0 Å². The summed E-state index contributed by atoms with van der Waals surface area (Å²) in [5.74, 6) is 9.13. The maximum atomic E-state index is 5.58. The summed E-state index contributed by atoms with van der Waals surface area (Å²) >= 11 is 0. The number of rotatable bonds is 7. The summed E-state index contributed by atoms with van der Waals surface area (Å²) in [5.41, 5.74) is 2.47. The van der Waals surface area contributed by atoms with E-state index in [4.69, 9.17) is 4.74 Å². The monoisotopic (exact) mass is 376 g/mol. The molecule has 3 nitrogen and oxygen atoms in total. The normalized spacial score (nSPS) is 18.9. The fourth-order valence-corrected chi connectivity index (χ4v) is 3.95. The lowest BCUT2D eigenvalue weighted by molar-refractivity contribution is 0.307. The average molecular weight is 377 g/mol. The predicted molar refractivity (Wildman–Crippen MR) is 114 cm³/mol. The Morgan fingerprint density at radius 3 is 2.29 bits per heavy atom. The largest absolute Gasteiger partial charge is 0.490 e. The van der Waals surface area contributed by atoms with Crippen LogP contribution in [0.4, 0.5) is 0 Å². The number of ether oxygens (including phenoxy) is 1. The highest BCUT2D eigenvalue weighted by atomic mass is 16.5. The molecular formula is C25H32N2O. The first kappa shape index (κ1) is 20.4. The van der Waals surface area contributed by atoms with Crippen LogP contribution in [0.2, 0.25) is 0 Å². The van der Waals surface area contributed by atoms with Gasteiger partial charge in [0.25, 0.3) is 0 Å². The van der Waals surface area contributed by atoms with E-state index in [1.165, 1.54) is 44.1 Å². The smallest absolute Gasteiger partial charge is 0.205 e. The summed E-state index contributed by atoms with van der Waals surface area (Å²) in [5, 5.41) is 0. The number of hydrogen-bond acceptors (Lipinski definition) is 3. The van der Waals surface area contributed by atoms with Gasteiger partial charge in [0.2, 0.25) is 5.82 Å². The van der Waals surface area contributed by atoms with E-state index in [-0.39, 0.29) is 0 Å². The Balaban J connectivity index is 1.53. The second-order valence-corrected chi connectivity index (χ2v) is 7.82. The number of hydrogen-bond donors (Lipinski definition) is 0. The molecule has 0 radical (unpaired) electrons. The molecule has 0 saturated heterocycles. The zero-order valence-corrected chi connectivity index (χ0v) is 17.3. The summed E-state index contributed by atoms with van der Waals surface area (Å²) in [6.45, 7) is 5.15. The third-order valence-electron chi connectivity index (χ3n) is 5.64. The predicted octanol–water partition coefficient (Wildman–Crippen LogP) is 6.13. The minimum Gasteiger partial charge on any atom is -0.490 e. The van der Waals surface area contributed by atoms with Gasteiger partial charge in [0, 0.05) is 5.56 Å². The Morgan fingerprint density at radius 1 is 0.929 bits per heavy atom. The van der Waals surface area contributed by atoms with Crippen LogP contribution in [-0.4, -0.2) is 16.6 Å². The van der Waals surface area contributed by atoms with Gasteiger partial charge in [-0.1, -0.05) is 51.2 Å². The Morgan fingerprint density at radius 2 is 1.64 bits per heavy atom. The maximum Gasteiger partial charge on any atom is 0.205 e. The summed E-state index contributed by atoms with van der Waals surface area (Å²) < 4.78 is 5.58. The van der Waals surface area contributed by atoms with Crippen molar-refractivity contribution >= 4 is 0 Å². The van der Waals surface area contributed by atoms with Gasteiger partial charge in [-0.2, -0.15) is 0 Å². The summed E-state index contributed by atoms with van der Waals surface area (Å²) in [4.78, 5) is 8.55. The van der Waals surface area contributed by atoms with E-state index in [1.54, 1.807) is 12.4 Å². The molecule has 0 spiro atoms. The van der Waals surface area contributed by atoms with Crippen LogP contribution in [0, 0.1) is 17.8 Å². The standard InChI is InChI=1S/C25H32N2O/c1-3-5-17-28-24-18-26-25(27-19-24)16-11-21-9-14-23(15-10-21)22-12-7-20(6-4-2)8-13-22/h9-10,14-15,18-20,22H,3-8,12-13,17H2,1-2H3/t20-,22-. The quantitative estimate of drug-likeness (QED) is 0.431. The van der Waals surface area contributed by atoms with E-state index in [9.17, 15) is 0 Å². The number of unbranched alkanes of at least 4 members (excludes halogenated alkanes) is 1. The number of nitrogens with zero attached hydrogens (tertiary/aromatic N) is 2. The summed E-state index contributed by atoms with van der Waals surface area (Å²) in [7, 11) is 0. The van der Waals surface area contributed by atoms with Crippen LogP contribution in [-0.2, 0) is 0 Å². The number of aromatic nitrogens is 2. The Kier molecular flexibility index (Phi) is 7.91. The van der Waals surface area contributed by atoms with Gasteiger partial charge in [-0.05, 0) is 67.6 Å². The van der Waals surface area contributed by atoms with Crippen LogP contribution < -0.4 is 4.74 Å². The summed E-state index contributed by atoms with van der Waals surface area (Å²) in [6, 6.07) is 8.76. The van der Waals surface area contributed by atoms with Crippen LogP contribution >= 0.6 is 0 Å². The summed E-state index contributed by atoms with van der Waals surface area (Å²) in [6.07, 6.45) is 13.7. The average Bonchev–Trinajstić information content (AvgIpc) is 2.75. The first-order chi connectivity index (χ1) is 13.8. The molecule has 0 bridgehead atoms. The molecular weight excluding hydrogens is 344 g/mol. The molecule has 1 aromatic heterocycles. The first-order valence-corrected chi connectivity index (χ1v) is 10.8.